The zero-order chi connectivity index (χ0) is 21.8. The van der Waals surface area contributed by atoms with Crippen molar-refractivity contribution in [1.29, 1.82) is 0 Å². The Morgan fingerprint density at radius 2 is 2.03 bits per heavy atom. The number of rotatable bonds is 8. The Morgan fingerprint density at radius 1 is 1.19 bits per heavy atom. The molecule has 4 aromatic rings. The highest BCUT2D eigenvalue weighted by atomic mass is 32.2. The third-order valence-corrected chi connectivity index (χ3v) is 5.54. The maximum Gasteiger partial charge on any atom is 0.329 e. The number of aromatic nitrogens is 5. The van der Waals surface area contributed by atoms with Gasteiger partial charge in [-0.1, -0.05) is 30.0 Å². The third-order valence-electron chi connectivity index (χ3n) is 4.61. The molecule has 3 heterocycles. The Kier molecular flexibility index (Phi) is 6.14. The summed E-state index contributed by atoms with van der Waals surface area (Å²) in [5.74, 6) is -0.192. The number of para-hydroxylation sites is 1. The number of methoxy groups -OCH3 is 1. The molecule has 0 saturated heterocycles. The molecule has 0 radical (unpaired) electrons. The van der Waals surface area contributed by atoms with Gasteiger partial charge in [-0.3, -0.25) is 23.5 Å². The van der Waals surface area contributed by atoms with Crippen LogP contribution in [-0.2, 0) is 16.1 Å². The molecule has 31 heavy (non-hydrogen) atoms. The van der Waals surface area contributed by atoms with Crippen LogP contribution in [0.25, 0.3) is 16.6 Å². The first-order chi connectivity index (χ1) is 15.1. The molecule has 10 nitrogen and oxygen atoms in total. The van der Waals surface area contributed by atoms with Gasteiger partial charge in [-0.25, -0.2) is 4.79 Å². The fourth-order valence-corrected chi connectivity index (χ4v) is 3.98. The quantitative estimate of drug-likeness (QED) is 0.314. The number of amides is 1. The van der Waals surface area contributed by atoms with Crippen LogP contribution in [0.5, 0.6) is 0 Å². The van der Waals surface area contributed by atoms with Crippen molar-refractivity contribution in [3.05, 3.63) is 63.3 Å². The van der Waals surface area contributed by atoms with Gasteiger partial charge in [-0.2, -0.15) is 0 Å². The predicted octanol–water partition coefficient (Wildman–Crippen LogP) is 1.50. The number of nitrogens with one attached hydrogen (secondary N) is 2. The molecule has 11 heteroatoms. The van der Waals surface area contributed by atoms with Gasteiger partial charge in [0.15, 0.2) is 10.8 Å². The van der Waals surface area contributed by atoms with Crippen LogP contribution >= 0.6 is 11.8 Å². The molecule has 0 spiro atoms. The van der Waals surface area contributed by atoms with Crippen LogP contribution in [0.2, 0.25) is 0 Å². The number of fused-ring (bicyclic) bond motifs is 3. The second kappa shape index (κ2) is 9.14. The Hall–Kier alpha value is -3.44. The lowest BCUT2D eigenvalue weighted by Gasteiger charge is -2.12. The van der Waals surface area contributed by atoms with Crippen molar-refractivity contribution in [1.82, 2.24) is 24.1 Å². The van der Waals surface area contributed by atoms with Crippen LogP contribution in [0, 0.1) is 0 Å². The van der Waals surface area contributed by atoms with E-state index in [1.807, 2.05) is 40.8 Å². The average Bonchev–Trinajstić information content (AvgIpc) is 3.18. The van der Waals surface area contributed by atoms with Crippen LogP contribution in [0.15, 0.2) is 57.2 Å². The molecule has 1 amide bonds. The minimum absolute atomic E-state index is 0.0308. The summed E-state index contributed by atoms with van der Waals surface area (Å²) in [5, 5.41) is 12.6. The summed E-state index contributed by atoms with van der Waals surface area (Å²) >= 11 is 1.22. The molecule has 2 N–H and O–H groups in total. The SMILES string of the molecule is COCCCn1c(NC(=O)CSc2nnc3ccc4ccccc4n23)cc(=O)[nH]c1=O. The number of hydrogen-bond acceptors (Lipinski definition) is 7. The molecule has 0 atom stereocenters. The highest BCUT2D eigenvalue weighted by molar-refractivity contribution is 7.99. The van der Waals surface area contributed by atoms with Gasteiger partial charge in [-0.05, 0) is 30.0 Å². The van der Waals surface area contributed by atoms with Crippen LogP contribution in [0.4, 0.5) is 5.82 Å². The third kappa shape index (κ3) is 4.52. The summed E-state index contributed by atoms with van der Waals surface area (Å²) in [6, 6.07) is 12.9. The standard InChI is InChI=1S/C20H20N6O4S/c1-30-10-4-9-25-16(11-17(27)22-19(25)29)21-18(28)12-31-20-24-23-15-8-7-13-5-2-3-6-14(13)26(15)20/h2-3,5-8,11H,4,9-10,12H2,1H3,(H,21,28)(H,22,27,29). The minimum Gasteiger partial charge on any atom is -0.385 e. The van der Waals surface area contributed by atoms with Crippen LogP contribution in [0.1, 0.15) is 6.42 Å². The van der Waals surface area contributed by atoms with Crippen molar-refractivity contribution in [3.63, 3.8) is 0 Å². The van der Waals surface area contributed by atoms with Crippen molar-refractivity contribution in [2.24, 2.45) is 0 Å². The van der Waals surface area contributed by atoms with E-state index < -0.39 is 11.2 Å². The second-order valence-electron chi connectivity index (χ2n) is 6.73. The minimum atomic E-state index is -0.582. The number of benzene rings is 1. The first-order valence-corrected chi connectivity index (χ1v) is 10.5. The number of carbonyl (C=O) groups is 1. The summed E-state index contributed by atoms with van der Waals surface area (Å²) < 4.78 is 8.20. The highest BCUT2D eigenvalue weighted by Crippen LogP contribution is 2.23. The Labute approximate surface area is 180 Å². The normalized spacial score (nSPS) is 11.3. The first kappa shape index (κ1) is 20.8. The lowest BCUT2D eigenvalue weighted by atomic mass is 10.2. The van der Waals surface area contributed by atoms with Gasteiger partial charge in [0.2, 0.25) is 5.91 Å². The molecular weight excluding hydrogens is 420 g/mol. The van der Waals surface area contributed by atoms with E-state index in [4.69, 9.17) is 4.74 Å². The lowest BCUT2D eigenvalue weighted by molar-refractivity contribution is -0.113. The van der Waals surface area contributed by atoms with E-state index in [0.29, 0.717) is 30.4 Å². The number of nitrogens with zero attached hydrogens (tertiary/aromatic N) is 4. The molecule has 0 unspecified atom stereocenters. The zero-order valence-electron chi connectivity index (χ0n) is 16.7. The molecule has 4 rings (SSSR count). The molecule has 0 fully saturated rings. The topological polar surface area (TPSA) is 123 Å². The summed E-state index contributed by atoms with van der Waals surface area (Å²) in [6.07, 6.45) is 0.554. The van der Waals surface area contributed by atoms with E-state index >= 15 is 0 Å². The molecule has 0 aliphatic carbocycles. The molecule has 160 valence electrons. The van der Waals surface area contributed by atoms with Crippen LogP contribution in [0.3, 0.4) is 0 Å². The largest absolute Gasteiger partial charge is 0.385 e. The number of ether oxygens (including phenoxy) is 1. The number of H-pyrrole nitrogens is 1. The molecule has 3 aromatic heterocycles. The first-order valence-electron chi connectivity index (χ1n) is 9.55. The van der Waals surface area contributed by atoms with Crippen LogP contribution in [-0.4, -0.2) is 49.5 Å². The monoisotopic (exact) mass is 440 g/mol. The second-order valence-corrected chi connectivity index (χ2v) is 7.67. The fraction of sp³-hybridized carbons (Fsp3) is 0.250. The van der Waals surface area contributed by atoms with E-state index in [0.717, 1.165) is 10.9 Å². The molecule has 0 aliphatic heterocycles. The molecule has 0 bridgehead atoms. The van der Waals surface area contributed by atoms with Crippen molar-refractivity contribution >= 4 is 40.0 Å². The van der Waals surface area contributed by atoms with Gasteiger partial charge in [-0.15, -0.1) is 10.2 Å². The molecular formula is C20H20N6O4S. The van der Waals surface area contributed by atoms with E-state index in [2.05, 4.69) is 20.5 Å². The lowest BCUT2D eigenvalue weighted by Crippen LogP contribution is -2.33. The van der Waals surface area contributed by atoms with Gasteiger partial charge in [0, 0.05) is 26.3 Å². The van der Waals surface area contributed by atoms with E-state index in [1.54, 1.807) is 7.11 Å². The van der Waals surface area contributed by atoms with Gasteiger partial charge in [0.1, 0.15) is 5.82 Å². The summed E-state index contributed by atoms with van der Waals surface area (Å²) in [5.41, 5.74) is 0.463. The van der Waals surface area contributed by atoms with Crippen LogP contribution < -0.4 is 16.6 Å². The molecule has 1 aromatic carbocycles. The summed E-state index contributed by atoms with van der Waals surface area (Å²) in [7, 11) is 1.56. The summed E-state index contributed by atoms with van der Waals surface area (Å²) in [4.78, 5) is 38.6. The zero-order valence-corrected chi connectivity index (χ0v) is 17.5. The molecule has 0 saturated carbocycles. The van der Waals surface area contributed by atoms with Crippen molar-refractivity contribution in [3.8, 4) is 0 Å². The fourth-order valence-electron chi connectivity index (χ4n) is 3.23. The Bertz CT molecular complexity index is 1360. The van der Waals surface area contributed by atoms with Gasteiger partial charge in [0.25, 0.3) is 5.56 Å². The Balaban J connectivity index is 1.52. The predicted molar refractivity (Wildman–Crippen MR) is 118 cm³/mol. The smallest absolute Gasteiger partial charge is 0.329 e. The van der Waals surface area contributed by atoms with E-state index in [1.165, 1.54) is 22.4 Å². The Morgan fingerprint density at radius 3 is 2.87 bits per heavy atom. The van der Waals surface area contributed by atoms with Gasteiger partial charge < -0.3 is 10.1 Å². The number of pyridine rings is 1. The van der Waals surface area contributed by atoms with Crippen molar-refractivity contribution < 1.29 is 9.53 Å². The number of carbonyl (C=O) groups excluding carboxylic acids is 1. The summed E-state index contributed by atoms with van der Waals surface area (Å²) in [6.45, 7) is 0.746. The van der Waals surface area contributed by atoms with Gasteiger partial charge in [0.05, 0.1) is 11.3 Å². The van der Waals surface area contributed by atoms with Gasteiger partial charge >= 0.3 is 5.69 Å². The molecule has 0 aliphatic rings. The highest BCUT2D eigenvalue weighted by Gasteiger charge is 2.14. The van der Waals surface area contributed by atoms with E-state index in [-0.39, 0.29) is 17.5 Å². The number of hydrogen-bond donors (Lipinski definition) is 2. The van der Waals surface area contributed by atoms with E-state index in [9.17, 15) is 14.4 Å². The maximum atomic E-state index is 12.6. The number of aromatic amines is 1. The maximum absolute atomic E-state index is 12.6. The number of anilines is 1. The van der Waals surface area contributed by atoms with Crippen molar-refractivity contribution in [2.75, 3.05) is 24.8 Å². The average molecular weight is 440 g/mol. The number of thioether (sulfide) groups is 1. The van der Waals surface area contributed by atoms with Crippen molar-refractivity contribution in [2.45, 2.75) is 18.1 Å².